The van der Waals surface area contributed by atoms with Crippen LogP contribution in [0.5, 0.6) is 0 Å². The number of imide groups is 1. The first-order valence-electron chi connectivity index (χ1n) is 11.2. The number of ketones is 1. The molecule has 1 saturated heterocycles. The third-order valence-corrected chi connectivity index (χ3v) is 6.89. The number of carbonyl (C=O) groups excluding carboxylic acids is 4. The van der Waals surface area contributed by atoms with Crippen molar-refractivity contribution in [3.05, 3.63) is 82.1 Å². The lowest BCUT2D eigenvalue weighted by molar-refractivity contribution is -0.156. The summed E-state index contributed by atoms with van der Waals surface area (Å²) < 4.78 is 13.5. The standard InChI is InChI=1S/C26H23Cl2FN2O4/c1-15-2-11-20-21(14-15)26(35)31(25(20)34)30(24(33)17-3-7-18(28)8-4-17)22(12-13-27)23(32)16-5-9-19(29)10-6-16/h2-10,20-22H,11-14H2,1H3/t20-,21+,22+/m0/s1. The van der Waals surface area contributed by atoms with Crippen LogP contribution in [-0.2, 0) is 9.59 Å². The molecule has 1 heterocycles. The molecule has 1 aliphatic heterocycles. The van der Waals surface area contributed by atoms with Crippen LogP contribution in [0.25, 0.3) is 0 Å². The maximum atomic E-state index is 13.8. The average Bonchev–Trinajstić information content (AvgIpc) is 3.08. The Hall–Kier alpha value is -3.03. The molecular weight excluding hydrogens is 494 g/mol. The minimum absolute atomic E-state index is 0.0221. The summed E-state index contributed by atoms with van der Waals surface area (Å²) in [5.41, 5.74) is 1.26. The van der Waals surface area contributed by atoms with Crippen molar-refractivity contribution in [3.8, 4) is 0 Å². The molecule has 4 rings (SSSR count). The highest BCUT2D eigenvalue weighted by Crippen LogP contribution is 2.39. The lowest BCUT2D eigenvalue weighted by atomic mass is 9.82. The lowest BCUT2D eigenvalue weighted by Crippen LogP contribution is -2.57. The summed E-state index contributed by atoms with van der Waals surface area (Å²) in [6, 6.07) is 9.52. The maximum absolute atomic E-state index is 13.8. The topological polar surface area (TPSA) is 74.8 Å². The molecule has 1 fully saturated rings. The molecule has 1 aliphatic carbocycles. The highest BCUT2D eigenvalue weighted by Gasteiger charge is 2.53. The van der Waals surface area contributed by atoms with E-state index in [4.69, 9.17) is 23.2 Å². The molecule has 3 amide bonds. The molecule has 0 radical (unpaired) electrons. The molecule has 0 spiro atoms. The fourth-order valence-electron chi connectivity index (χ4n) is 4.60. The van der Waals surface area contributed by atoms with Gasteiger partial charge in [0.1, 0.15) is 11.9 Å². The van der Waals surface area contributed by atoms with Crippen molar-refractivity contribution in [2.75, 3.05) is 5.88 Å². The Kier molecular flexibility index (Phi) is 7.38. The van der Waals surface area contributed by atoms with Gasteiger partial charge in [-0.05, 0) is 74.7 Å². The highest BCUT2D eigenvalue weighted by atomic mass is 35.5. The van der Waals surface area contributed by atoms with E-state index >= 15 is 0 Å². The van der Waals surface area contributed by atoms with Gasteiger partial charge in [0.05, 0.1) is 11.8 Å². The SMILES string of the molecule is CC1=CC[C@@H]2C(=O)N(N(C(=O)c3ccc(Cl)cc3)[C@H](CCCl)C(=O)c3ccc(F)cc3)C(=O)[C@@H]2C1. The van der Waals surface area contributed by atoms with Crippen molar-refractivity contribution in [1.82, 2.24) is 10.0 Å². The van der Waals surface area contributed by atoms with Crippen LogP contribution in [0.2, 0.25) is 5.02 Å². The van der Waals surface area contributed by atoms with E-state index < -0.39 is 47.2 Å². The molecule has 35 heavy (non-hydrogen) atoms. The molecule has 182 valence electrons. The van der Waals surface area contributed by atoms with Crippen LogP contribution >= 0.6 is 23.2 Å². The van der Waals surface area contributed by atoms with Gasteiger partial charge in [-0.15, -0.1) is 11.6 Å². The van der Waals surface area contributed by atoms with Gasteiger partial charge in [-0.3, -0.25) is 19.2 Å². The van der Waals surface area contributed by atoms with Gasteiger partial charge in [0.25, 0.3) is 17.7 Å². The third-order valence-electron chi connectivity index (χ3n) is 6.42. The van der Waals surface area contributed by atoms with Crippen molar-refractivity contribution < 1.29 is 23.6 Å². The molecule has 0 bridgehead atoms. The molecule has 6 nitrogen and oxygen atoms in total. The molecular formula is C26H23Cl2FN2O4. The minimum atomic E-state index is -1.26. The van der Waals surface area contributed by atoms with Gasteiger partial charge < -0.3 is 0 Å². The number of allylic oxidation sites excluding steroid dienone is 2. The number of hydrogen-bond acceptors (Lipinski definition) is 4. The normalized spacial score (nSPS) is 20.3. The van der Waals surface area contributed by atoms with Gasteiger partial charge in [0.2, 0.25) is 0 Å². The second-order valence-corrected chi connectivity index (χ2v) is 9.53. The summed E-state index contributed by atoms with van der Waals surface area (Å²) in [4.78, 5) is 54.3. The van der Waals surface area contributed by atoms with Gasteiger partial charge in [0, 0.05) is 22.0 Å². The predicted octanol–water partition coefficient (Wildman–Crippen LogP) is 5.06. The number of fused-ring (bicyclic) bond motifs is 1. The van der Waals surface area contributed by atoms with Gasteiger partial charge in [-0.1, -0.05) is 23.3 Å². The van der Waals surface area contributed by atoms with Crippen LogP contribution in [0.1, 0.15) is 46.9 Å². The molecule has 0 aromatic heterocycles. The predicted molar refractivity (Wildman–Crippen MR) is 129 cm³/mol. The third kappa shape index (κ3) is 4.88. The van der Waals surface area contributed by atoms with E-state index in [1.165, 1.54) is 36.4 Å². The van der Waals surface area contributed by atoms with E-state index in [2.05, 4.69) is 0 Å². The molecule has 0 N–H and O–H groups in total. The van der Waals surface area contributed by atoms with E-state index in [1.807, 2.05) is 13.0 Å². The fourth-order valence-corrected chi connectivity index (χ4v) is 4.94. The van der Waals surface area contributed by atoms with Crippen molar-refractivity contribution in [2.45, 2.75) is 32.2 Å². The van der Waals surface area contributed by atoms with Gasteiger partial charge in [0.15, 0.2) is 5.78 Å². The van der Waals surface area contributed by atoms with Crippen LogP contribution in [0.4, 0.5) is 4.39 Å². The Bertz CT molecular complexity index is 1200. The number of Topliss-reactive ketones (excluding diaryl/α,β-unsaturated/α-hetero) is 1. The Balaban J connectivity index is 1.80. The van der Waals surface area contributed by atoms with Gasteiger partial charge in [-0.25, -0.2) is 9.40 Å². The first-order valence-corrected chi connectivity index (χ1v) is 12.1. The number of carbonyl (C=O) groups is 4. The summed E-state index contributed by atoms with van der Waals surface area (Å²) in [6.45, 7) is 1.89. The van der Waals surface area contributed by atoms with Crippen molar-refractivity contribution in [1.29, 1.82) is 0 Å². The summed E-state index contributed by atoms with van der Waals surface area (Å²) in [7, 11) is 0. The number of halogens is 3. The summed E-state index contributed by atoms with van der Waals surface area (Å²) >= 11 is 12.0. The van der Waals surface area contributed by atoms with Crippen LogP contribution in [-0.4, -0.2) is 45.4 Å². The van der Waals surface area contributed by atoms with Crippen molar-refractivity contribution in [2.24, 2.45) is 11.8 Å². The van der Waals surface area contributed by atoms with E-state index in [0.717, 1.165) is 27.7 Å². The number of nitrogens with zero attached hydrogens (tertiary/aromatic N) is 2. The molecule has 0 unspecified atom stereocenters. The van der Waals surface area contributed by atoms with E-state index in [1.54, 1.807) is 0 Å². The summed E-state index contributed by atoms with van der Waals surface area (Å²) in [6.07, 6.45) is 2.68. The smallest absolute Gasteiger partial charge is 0.273 e. The molecule has 3 atom stereocenters. The van der Waals surface area contributed by atoms with Crippen LogP contribution in [0.3, 0.4) is 0 Å². The Morgan fingerprint density at radius 1 is 1.03 bits per heavy atom. The van der Waals surface area contributed by atoms with Gasteiger partial charge in [-0.2, -0.15) is 5.01 Å². The molecule has 2 aromatic carbocycles. The molecule has 9 heteroatoms. The summed E-state index contributed by atoms with van der Waals surface area (Å²) in [5, 5.41) is 2.17. The number of benzene rings is 2. The largest absolute Gasteiger partial charge is 0.292 e. The molecule has 2 aliphatic rings. The van der Waals surface area contributed by atoms with E-state index in [9.17, 15) is 23.6 Å². The first-order chi connectivity index (χ1) is 16.7. The fraction of sp³-hybridized carbons (Fsp3) is 0.308. The Labute approximate surface area is 212 Å². The first kappa shape index (κ1) is 25.1. The second kappa shape index (κ2) is 10.3. The lowest BCUT2D eigenvalue weighted by Gasteiger charge is -2.36. The van der Waals surface area contributed by atoms with Gasteiger partial charge >= 0.3 is 0 Å². The quantitative estimate of drug-likeness (QED) is 0.223. The minimum Gasteiger partial charge on any atom is -0.292 e. The monoisotopic (exact) mass is 516 g/mol. The van der Waals surface area contributed by atoms with Crippen molar-refractivity contribution in [3.63, 3.8) is 0 Å². The maximum Gasteiger partial charge on any atom is 0.273 e. The molecule has 0 saturated carbocycles. The molecule has 2 aromatic rings. The number of hydrazine groups is 1. The van der Waals surface area contributed by atoms with Crippen LogP contribution < -0.4 is 0 Å². The Morgan fingerprint density at radius 2 is 1.63 bits per heavy atom. The Morgan fingerprint density at radius 3 is 2.26 bits per heavy atom. The zero-order valence-electron chi connectivity index (χ0n) is 18.9. The van der Waals surface area contributed by atoms with E-state index in [0.29, 0.717) is 17.9 Å². The number of amides is 3. The number of rotatable bonds is 7. The second-order valence-electron chi connectivity index (χ2n) is 8.71. The van der Waals surface area contributed by atoms with Crippen molar-refractivity contribution >= 4 is 46.7 Å². The zero-order valence-corrected chi connectivity index (χ0v) is 20.4. The zero-order chi connectivity index (χ0) is 25.3. The van der Waals surface area contributed by atoms with Crippen LogP contribution in [0, 0.1) is 17.7 Å². The average molecular weight is 517 g/mol. The van der Waals surface area contributed by atoms with Crippen LogP contribution in [0.15, 0.2) is 60.2 Å². The number of hydrogen-bond donors (Lipinski definition) is 0. The van der Waals surface area contributed by atoms with E-state index in [-0.39, 0.29) is 23.4 Å². The highest BCUT2D eigenvalue weighted by molar-refractivity contribution is 6.30. The summed E-state index contributed by atoms with van der Waals surface area (Å²) in [5.74, 6) is -4.09. The number of alkyl halides is 1.